The summed E-state index contributed by atoms with van der Waals surface area (Å²) in [5, 5.41) is 3.70. The van der Waals surface area contributed by atoms with Crippen molar-refractivity contribution in [3.8, 4) is 0 Å². The predicted octanol–water partition coefficient (Wildman–Crippen LogP) is 2.74. The highest BCUT2D eigenvalue weighted by Gasteiger charge is 2.37. The molecule has 2 fully saturated rings. The van der Waals surface area contributed by atoms with Gasteiger partial charge in [0.1, 0.15) is 0 Å². The van der Waals surface area contributed by atoms with E-state index in [0.717, 1.165) is 5.92 Å². The zero-order chi connectivity index (χ0) is 7.73. The van der Waals surface area contributed by atoms with E-state index in [-0.39, 0.29) is 12.4 Å². The Bertz CT molecular complexity index is 137. The highest BCUT2D eigenvalue weighted by atomic mass is 35.5. The van der Waals surface area contributed by atoms with Gasteiger partial charge in [0.05, 0.1) is 0 Å². The molecule has 0 radical (unpaired) electrons. The van der Waals surface area contributed by atoms with Gasteiger partial charge in [0, 0.05) is 5.54 Å². The third-order valence-corrected chi connectivity index (χ3v) is 3.66. The van der Waals surface area contributed by atoms with E-state index in [1.165, 1.54) is 45.1 Å². The smallest absolute Gasteiger partial charge is 0.0181 e. The van der Waals surface area contributed by atoms with Gasteiger partial charge >= 0.3 is 0 Å². The summed E-state index contributed by atoms with van der Waals surface area (Å²) in [4.78, 5) is 0. The Hall–Kier alpha value is 0.250. The third-order valence-electron chi connectivity index (χ3n) is 3.66. The lowest BCUT2D eigenvalue weighted by molar-refractivity contribution is 0.113. The molecule has 0 amide bonds. The molecule has 1 N–H and O–H groups in total. The van der Waals surface area contributed by atoms with Gasteiger partial charge in [0.25, 0.3) is 0 Å². The normalized spacial score (nSPS) is 36.8. The van der Waals surface area contributed by atoms with Crippen molar-refractivity contribution in [1.82, 2.24) is 5.32 Å². The molecule has 1 saturated heterocycles. The summed E-state index contributed by atoms with van der Waals surface area (Å²) in [6, 6.07) is 0. The maximum atomic E-state index is 3.70. The Labute approximate surface area is 81.7 Å². The lowest BCUT2D eigenvalue weighted by Crippen LogP contribution is -2.53. The summed E-state index contributed by atoms with van der Waals surface area (Å²) in [5.41, 5.74) is 0.524. The lowest BCUT2D eigenvalue weighted by atomic mass is 9.68. The molecule has 72 valence electrons. The van der Waals surface area contributed by atoms with Crippen molar-refractivity contribution >= 4 is 12.4 Å². The monoisotopic (exact) mass is 189 g/mol. The van der Waals surface area contributed by atoms with Crippen LogP contribution < -0.4 is 5.32 Å². The molecule has 0 aromatic heterocycles. The first kappa shape index (κ1) is 10.3. The number of nitrogens with one attached hydrogen (secondary N) is 1. The maximum absolute atomic E-state index is 3.70. The first-order valence-electron chi connectivity index (χ1n) is 5.06. The highest BCUT2D eigenvalue weighted by molar-refractivity contribution is 5.85. The van der Waals surface area contributed by atoms with Crippen LogP contribution in [-0.2, 0) is 0 Å². The average molecular weight is 190 g/mol. The number of piperidine rings is 1. The summed E-state index contributed by atoms with van der Waals surface area (Å²) >= 11 is 0. The van der Waals surface area contributed by atoms with Gasteiger partial charge in [0.15, 0.2) is 0 Å². The van der Waals surface area contributed by atoms with Gasteiger partial charge < -0.3 is 5.32 Å². The van der Waals surface area contributed by atoms with Gasteiger partial charge in [-0.25, -0.2) is 0 Å². The van der Waals surface area contributed by atoms with Crippen LogP contribution in [0.2, 0.25) is 0 Å². The molecule has 1 atom stereocenters. The van der Waals surface area contributed by atoms with E-state index in [1.807, 2.05) is 0 Å². The SMILES string of the molecule is CC1(C2CCC2)CCCCN1.Cl. The van der Waals surface area contributed by atoms with Crippen molar-refractivity contribution in [3.63, 3.8) is 0 Å². The standard InChI is InChI=1S/C10H19N.ClH/c1-10(9-5-4-6-9)7-2-3-8-11-10;/h9,11H,2-8H2,1H3;1H. The summed E-state index contributed by atoms with van der Waals surface area (Å²) in [7, 11) is 0. The predicted molar refractivity (Wildman–Crippen MR) is 54.8 cm³/mol. The van der Waals surface area contributed by atoms with Gasteiger partial charge in [-0.1, -0.05) is 12.8 Å². The van der Waals surface area contributed by atoms with Gasteiger partial charge in [-0.3, -0.25) is 0 Å². The van der Waals surface area contributed by atoms with E-state index in [2.05, 4.69) is 12.2 Å². The minimum atomic E-state index is 0. The molecule has 1 saturated carbocycles. The Kier molecular flexibility index (Phi) is 3.42. The Morgan fingerprint density at radius 2 is 1.92 bits per heavy atom. The van der Waals surface area contributed by atoms with Crippen LogP contribution in [0.3, 0.4) is 0 Å². The Morgan fingerprint density at radius 3 is 2.33 bits per heavy atom. The van der Waals surface area contributed by atoms with Crippen LogP contribution in [-0.4, -0.2) is 12.1 Å². The van der Waals surface area contributed by atoms with Gasteiger partial charge in [-0.2, -0.15) is 0 Å². The molecule has 0 aromatic rings. The molecule has 12 heavy (non-hydrogen) atoms. The molecule has 0 spiro atoms. The zero-order valence-corrected chi connectivity index (χ0v) is 8.75. The van der Waals surface area contributed by atoms with Crippen molar-refractivity contribution in [2.24, 2.45) is 5.92 Å². The molecule has 1 unspecified atom stereocenters. The van der Waals surface area contributed by atoms with Crippen LogP contribution in [0.4, 0.5) is 0 Å². The van der Waals surface area contributed by atoms with Crippen LogP contribution in [0.15, 0.2) is 0 Å². The lowest BCUT2D eigenvalue weighted by Gasteiger charge is -2.46. The maximum Gasteiger partial charge on any atom is 0.0181 e. The largest absolute Gasteiger partial charge is 0.311 e. The summed E-state index contributed by atoms with van der Waals surface area (Å²) in [6.45, 7) is 3.68. The number of hydrogen-bond acceptors (Lipinski definition) is 1. The molecule has 2 heteroatoms. The molecule has 1 aliphatic heterocycles. The van der Waals surface area contributed by atoms with E-state index in [1.54, 1.807) is 0 Å². The number of halogens is 1. The molecule has 2 aliphatic rings. The van der Waals surface area contributed by atoms with E-state index in [0.29, 0.717) is 5.54 Å². The quantitative estimate of drug-likeness (QED) is 0.669. The molecule has 2 rings (SSSR count). The highest BCUT2D eigenvalue weighted by Crippen LogP contribution is 2.39. The summed E-state index contributed by atoms with van der Waals surface area (Å²) in [5.74, 6) is 1.00. The van der Waals surface area contributed by atoms with Crippen molar-refractivity contribution in [2.75, 3.05) is 6.54 Å². The fraction of sp³-hybridized carbons (Fsp3) is 1.00. The topological polar surface area (TPSA) is 12.0 Å². The van der Waals surface area contributed by atoms with Crippen LogP contribution in [0, 0.1) is 5.92 Å². The fourth-order valence-electron chi connectivity index (χ4n) is 2.47. The fourth-order valence-corrected chi connectivity index (χ4v) is 2.47. The van der Waals surface area contributed by atoms with E-state index < -0.39 is 0 Å². The Balaban J connectivity index is 0.000000720. The molecule has 1 heterocycles. The van der Waals surface area contributed by atoms with Crippen molar-refractivity contribution in [2.45, 2.75) is 51.0 Å². The number of hydrogen-bond donors (Lipinski definition) is 1. The van der Waals surface area contributed by atoms with Crippen LogP contribution in [0.5, 0.6) is 0 Å². The minimum absolute atomic E-state index is 0. The van der Waals surface area contributed by atoms with Crippen molar-refractivity contribution < 1.29 is 0 Å². The molecule has 1 nitrogen and oxygen atoms in total. The van der Waals surface area contributed by atoms with Gasteiger partial charge in [-0.15, -0.1) is 12.4 Å². The molecule has 1 aliphatic carbocycles. The molecular formula is C10H20ClN. The second-order valence-electron chi connectivity index (χ2n) is 4.43. The van der Waals surface area contributed by atoms with E-state index in [4.69, 9.17) is 0 Å². The molecule has 0 aromatic carbocycles. The zero-order valence-electron chi connectivity index (χ0n) is 7.94. The third kappa shape index (κ3) is 1.77. The van der Waals surface area contributed by atoms with Crippen molar-refractivity contribution in [1.29, 1.82) is 0 Å². The minimum Gasteiger partial charge on any atom is -0.311 e. The second kappa shape index (κ2) is 3.97. The summed E-state index contributed by atoms with van der Waals surface area (Å²) < 4.78 is 0. The summed E-state index contributed by atoms with van der Waals surface area (Å²) in [6.07, 6.45) is 8.68. The first-order valence-corrected chi connectivity index (χ1v) is 5.06. The van der Waals surface area contributed by atoms with Crippen LogP contribution in [0.1, 0.15) is 45.4 Å². The van der Waals surface area contributed by atoms with Crippen LogP contribution in [0.25, 0.3) is 0 Å². The Morgan fingerprint density at radius 1 is 1.17 bits per heavy atom. The molecule has 0 bridgehead atoms. The van der Waals surface area contributed by atoms with E-state index >= 15 is 0 Å². The number of rotatable bonds is 1. The first-order chi connectivity index (χ1) is 5.31. The van der Waals surface area contributed by atoms with E-state index in [9.17, 15) is 0 Å². The van der Waals surface area contributed by atoms with Crippen molar-refractivity contribution in [3.05, 3.63) is 0 Å². The second-order valence-corrected chi connectivity index (χ2v) is 4.43. The van der Waals surface area contributed by atoms with Crippen LogP contribution >= 0.6 is 12.4 Å². The van der Waals surface area contributed by atoms with Gasteiger partial charge in [0.2, 0.25) is 0 Å². The molecular weight excluding hydrogens is 170 g/mol. The average Bonchev–Trinajstić information content (AvgIpc) is 1.83. The van der Waals surface area contributed by atoms with Gasteiger partial charge in [-0.05, 0) is 45.1 Å².